The van der Waals surface area contributed by atoms with E-state index in [9.17, 15) is 4.79 Å². The number of hydrogen-bond acceptors (Lipinski definition) is 3. The number of halogens is 1. The van der Waals surface area contributed by atoms with Crippen LogP contribution in [0.3, 0.4) is 0 Å². The van der Waals surface area contributed by atoms with Crippen LogP contribution in [0.5, 0.6) is 0 Å². The third kappa shape index (κ3) is 4.70. The Morgan fingerprint density at radius 1 is 1.41 bits per heavy atom. The van der Waals surface area contributed by atoms with Gasteiger partial charge in [-0.15, -0.1) is 12.4 Å². The molecule has 1 heterocycles. The van der Waals surface area contributed by atoms with E-state index in [0.717, 1.165) is 36.9 Å². The van der Waals surface area contributed by atoms with Crippen LogP contribution in [0.4, 0.5) is 5.69 Å². The molecule has 0 bridgehead atoms. The molecule has 1 aromatic carbocycles. The molecule has 1 aliphatic carbocycles. The molecule has 2 fully saturated rings. The maximum absolute atomic E-state index is 12.2. The Balaban J connectivity index is 0.00000176. The number of rotatable bonds is 7. The van der Waals surface area contributed by atoms with E-state index in [2.05, 4.69) is 10.6 Å². The zero-order valence-corrected chi connectivity index (χ0v) is 13.8. The van der Waals surface area contributed by atoms with E-state index >= 15 is 0 Å². The van der Waals surface area contributed by atoms with Crippen LogP contribution in [0.25, 0.3) is 0 Å². The highest BCUT2D eigenvalue weighted by atomic mass is 35.5. The molecular formula is C17H25ClN2O2. The molecule has 0 aromatic heterocycles. The average Bonchev–Trinajstić information content (AvgIpc) is 3.21. The van der Waals surface area contributed by atoms with Crippen molar-refractivity contribution in [3.05, 3.63) is 29.8 Å². The lowest BCUT2D eigenvalue weighted by Gasteiger charge is -2.31. The van der Waals surface area contributed by atoms with Crippen molar-refractivity contribution >= 4 is 24.0 Å². The standard InChI is InChI=1S/C17H24N2O2.ClH/c1-12(15-8-18-9-15)17(20)19-16-4-2-3-14(7-16)11-21-10-13-5-6-13;/h2-4,7,12-13,15,18H,5-6,8-11H2,1H3,(H,19,20);1H. The summed E-state index contributed by atoms with van der Waals surface area (Å²) in [7, 11) is 0. The Morgan fingerprint density at radius 2 is 2.18 bits per heavy atom. The first-order chi connectivity index (χ1) is 10.2. The van der Waals surface area contributed by atoms with Gasteiger partial charge in [0.2, 0.25) is 5.91 Å². The van der Waals surface area contributed by atoms with Crippen molar-refractivity contribution in [2.75, 3.05) is 25.0 Å². The minimum Gasteiger partial charge on any atom is -0.376 e. The molecule has 1 atom stereocenters. The summed E-state index contributed by atoms with van der Waals surface area (Å²) in [5.74, 6) is 1.42. The fourth-order valence-corrected chi connectivity index (χ4v) is 2.50. The molecule has 1 unspecified atom stereocenters. The average molecular weight is 325 g/mol. The Morgan fingerprint density at radius 3 is 2.82 bits per heavy atom. The highest BCUT2D eigenvalue weighted by Crippen LogP contribution is 2.29. The van der Waals surface area contributed by atoms with Gasteiger partial charge in [0, 0.05) is 18.2 Å². The summed E-state index contributed by atoms with van der Waals surface area (Å²) in [4.78, 5) is 12.2. The van der Waals surface area contributed by atoms with E-state index in [-0.39, 0.29) is 24.2 Å². The molecule has 2 N–H and O–H groups in total. The summed E-state index contributed by atoms with van der Waals surface area (Å²) in [5, 5.41) is 6.23. The lowest BCUT2D eigenvalue weighted by atomic mass is 9.88. The predicted octanol–water partition coefficient (Wildman–Crippen LogP) is 2.83. The maximum Gasteiger partial charge on any atom is 0.227 e. The molecule has 1 saturated heterocycles. The lowest BCUT2D eigenvalue weighted by Crippen LogP contribution is -2.48. The third-order valence-electron chi connectivity index (χ3n) is 4.45. The molecule has 1 amide bonds. The fourth-order valence-electron chi connectivity index (χ4n) is 2.50. The summed E-state index contributed by atoms with van der Waals surface area (Å²) in [6, 6.07) is 7.97. The second kappa shape index (κ2) is 7.95. The molecule has 3 rings (SSSR count). The second-order valence-electron chi connectivity index (χ2n) is 6.36. The molecule has 22 heavy (non-hydrogen) atoms. The molecule has 1 saturated carbocycles. The fraction of sp³-hybridized carbons (Fsp3) is 0.588. The first kappa shape index (κ1) is 17.3. The molecule has 0 spiro atoms. The van der Waals surface area contributed by atoms with E-state index in [4.69, 9.17) is 4.74 Å². The number of benzene rings is 1. The van der Waals surface area contributed by atoms with Crippen LogP contribution in [0, 0.1) is 17.8 Å². The summed E-state index contributed by atoms with van der Waals surface area (Å²) in [6.07, 6.45) is 2.62. The number of hydrogen-bond donors (Lipinski definition) is 2. The predicted molar refractivity (Wildman–Crippen MR) is 90.2 cm³/mol. The van der Waals surface area contributed by atoms with Gasteiger partial charge in [-0.2, -0.15) is 0 Å². The van der Waals surface area contributed by atoms with Crippen molar-refractivity contribution in [3.63, 3.8) is 0 Å². The van der Waals surface area contributed by atoms with Crippen LogP contribution >= 0.6 is 12.4 Å². The summed E-state index contributed by atoms with van der Waals surface area (Å²) >= 11 is 0. The van der Waals surface area contributed by atoms with Crippen LogP contribution in [0.1, 0.15) is 25.3 Å². The molecule has 5 heteroatoms. The maximum atomic E-state index is 12.2. The Hall–Kier alpha value is -1.10. The number of nitrogens with one attached hydrogen (secondary N) is 2. The molecule has 1 aliphatic heterocycles. The van der Waals surface area contributed by atoms with Crippen molar-refractivity contribution in [1.29, 1.82) is 0 Å². The van der Waals surface area contributed by atoms with Gasteiger partial charge in [0.1, 0.15) is 0 Å². The molecular weight excluding hydrogens is 300 g/mol. The number of carbonyl (C=O) groups excluding carboxylic acids is 1. The van der Waals surface area contributed by atoms with Gasteiger partial charge in [0.15, 0.2) is 0 Å². The van der Waals surface area contributed by atoms with Gasteiger partial charge in [-0.3, -0.25) is 4.79 Å². The van der Waals surface area contributed by atoms with E-state index in [1.807, 2.05) is 31.2 Å². The van der Waals surface area contributed by atoms with E-state index in [1.54, 1.807) is 0 Å². The van der Waals surface area contributed by atoms with Crippen molar-refractivity contribution in [1.82, 2.24) is 5.32 Å². The highest BCUT2D eigenvalue weighted by Gasteiger charge is 2.28. The van der Waals surface area contributed by atoms with Gasteiger partial charge >= 0.3 is 0 Å². The quantitative estimate of drug-likeness (QED) is 0.811. The minimum atomic E-state index is 0. The topological polar surface area (TPSA) is 50.4 Å². The van der Waals surface area contributed by atoms with Crippen LogP contribution in [-0.4, -0.2) is 25.6 Å². The Kier molecular flexibility index (Phi) is 6.24. The smallest absolute Gasteiger partial charge is 0.227 e. The number of anilines is 1. The number of ether oxygens (including phenoxy) is 1. The van der Waals surface area contributed by atoms with Gasteiger partial charge in [-0.1, -0.05) is 19.1 Å². The minimum absolute atomic E-state index is 0. The van der Waals surface area contributed by atoms with Gasteiger partial charge in [-0.25, -0.2) is 0 Å². The normalized spacial score (nSPS) is 19.0. The number of amides is 1. The molecule has 4 nitrogen and oxygen atoms in total. The Bertz CT molecular complexity index is 501. The summed E-state index contributed by atoms with van der Waals surface area (Å²) < 4.78 is 5.69. The molecule has 122 valence electrons. The van der Waals surface area contributed by atoms with Crippen LogP contribution in [0.15, 0.2) is 24.3 Å². The molecule has 0 radical (unpaired) electrons. The third-order valence-corrected chi connectivity index (χ3v) is 4.45. The lowest BCUT2D eigenvalue weighted by molar-refractivity contribution is -0.121. The van der Waals surface area contributed by atoms with E-state index in [1.165, 1.54) is 12.8 Å². The molecule has 2 aliphatic rings. The van der Waals surface area contributed by atoms with Crippen molar-refractivity contribution in [2.45, 2.75) is 26.4 Å². The first-order valence-electron chi connectivity index (χ1n) is 7.90. The zero-order valence-electron chi connectivity index (χ0n) is 13.0. The Labute approximate surface area is 138 Å². The van der Waals surface area contributed by atoms with Gasteiger partial charge in [0.05, 0.1) is 6.61 Å². The van der Waals surface area contributed by atoms with E-state index in [0.29, 0.717) is 12.5 Å². The van der Waals surface area contributed by atoms with Gasteiger partial charge < -0.3 is 15.4 Å². The summed E-state index contributed by atoms with van der Waals surface area (Å²) in [6.45, 7) is 5.39. The second-order valence-corrected chi connectivity index (χ2v) is 6.36. The monoisotopic (exact) mass is 324 g/mol. The largest absolute Gasteiger partial charge is 0.376 e. The van der Waals surface area contributed by atoms with Crippen molar-refractivity contribution in [2.24, 2.45) is 17.8 Å². The van der Waals surface area contributed by atoms with Crippen molar-refractivity contribution < 1.29 is 9.53 Å². The van der Waals surface area contributed by atoms with Gasteiger partial charge in [-0.05, 0) is 55.5 Å². The highest BCUT2D eigenvalue weighted by molar-refractivity contribution is 5.92. The first-order valence-corrected chi connectivity index (χ1v) is 7.90. The number of carbonyl (C=O) groups is 1. The SMILES string of the molecule is CC(C(=O)Nc1cccc(COCC2CC2)c1)C1CNC1.Cl. The van der Waals surface area contributed by atoms with Crippen LogP contribution in [0.2, 0.25) is 0 Å². The summed E-state index contributed by atoms with van der Waals surface area (Å²) in [5.41, 5.74) is 1.98. The van der Waals surface area contributed by atoms with Crippen LogP contribution in [-0.2, 0) is 16.1 Å². The van der Waals surface area contributed by atoms with E-state index < -0.39 is 0 Å². The molecule has 1 aromatic rings. The van der Waals surface area contributed by atoms with Crippen LogP contribution < -0.4 is 10.6 Å². The van der Waals surface area contributed by atoms with Crippen molar-refractivity contribution in [3.8, 4) is 0 Å². The zero-order chi connectivity index (χ0) is 14.7. The van der Waals surface area contributed by atoms with Gasteiger partial charge in [0.25, 0.3) is 0 Å².